The molecule has 1 aliphatic heterocycles. The number of thioether (sulfide) groups is 1. The molecule has 0 saturated carbocycles. The molecule has 2 atom stereocenters. The summed E-state index contributed by atoms with van der Waals surface area (Å²) in [5.41, 5.74) is 1.03. The van der Waals surface area contributed by atoms with Gasteiger partial charge in [-0.05, 0) is 32.8 Å². The Morgan fingerprint density at radius 2 is 2.07 bits per heavy atom. The summed E-state index contributed by atoms with van der Waals surface area (Å²) in [4.78, 5) is 28.5. The third-order valence-corrected chi connectivity index (χ3v) is 6.19. The monoisotopic (exact) mass is 393 g/mol. The predicted molar refractivity (Wildman–Crippen MR) is 110 cm³/mol. The molecule has 0 bridgehead atoms. The summed E-state index contributed by atoms with van der Waals surface area (Å²) < 4.78 is 5.51. The van der Waals surface area contributed by atoms with Crippen LogP contribution in [-0.2, 0) is 4.79 Å². The van der Waals surface area contributed by atoms with E-state index >= 15 is 0 Å². The highest BCUT2D eigenvalue weighted by atomic mass is 32.2. The number of para-hydroxylation sites is 1. The molecule has 1 fully saturated rings. The van der Waals surface area contributed by atoms with E-state index in [1.165, 1.54) is 0 Å². The van der Waals surface area contributed by atoms with E-state index in [0.717, 1.165) is 24.2 Å². The largest absolute Gasteiger partial charge is 0.496 e. The number of amides is 3. The Bertz CT molecular complexity index is 653. The van der Waals surface area contributed by atoms with Crippen molar-refractivity contribution in [3.05, 3.63) is 29.8 Å². The number of nitrogens with zero attached hydrogens (tertiary/aromatic N) is 2. The van der Waals surface area contributed by atoms with Crippen LogP contribution in [0.1, 0.15) is 44.6 Å². The van der Waals surface area contributed by atoms with E-state index in [0.29, 0.717) is 13.1 Å². The van der Waals surface area contributed by atoms with Crippen molar-refractivity contribution in [2.45, 2.75) is 50.3 Å². The number of nitrogens with one attached hydrogen (secondary N) is 1. The van der Waals surface area contributed by atoms with Gasteiger partial charge >= 0.3 is 6.03 Å². The summed E-state index contributed by atoms with van der Waals surface area (Å²) >= 11 is 1.69. The molecule has 0 unspecified atom stereocenters. The molecule has 0 aliphatic carbocycles. The molecule has 150 valence electrons. The van der Waals surface area contributed by atoms with Crippen LogP contribution in [-0.4, -0.2) is 60.3 Å². The van der Waals surface area contributed by atoms with Gasteiger partial charge in [-0.1, -0.05) is 25.1 Å². The van der Waals surface area contributed by atoms with E-state index in [-0.39, 0.29) is 28.6 Å². The Kier molecular flexibility index (Phi) is 7.83. The molecular formula is C20H31N3O3S. The summed E-state index contributed by atoms with van der Waals surface area (Å²) in [5, 5.41) is 2.81. The summed E-state index contributed by atoms with van der Waals surface area (Å²) in [6.45, 7) is 7.14. The van der Waals surface area contributed by atoms with Crippen molar-refractivity contribution < 1.29 is 14.3 Å². The fourth-order valence-electron chi connectivity index (χ4n) is 3.13. The molecule has 1 aromatic carbocycles. The van der Waals surface area contributed by atoms with Crippen LogP contribution in [0.25, 0.3) is 0 Å². The van der Waals surface area contributed by atoms with E-state index in [1.54, 1.807) is 30.8 Å². The van der Waals surface area contributed by atoms with Crippen molar-refractivity contribution in [3.63, 3.8) is 0 Å². The van der Waals surface area contributed by atoms with Crippen LogP contribution < -0.4 is 10.1 Å². The smallest absolute Gasteiger partial charge is 0.317 e. The van der Waals surface area contributed by atoms with Crippen LogP contribution in [0.4, 0.5) is 4.79 Å². The number of hydrogen-bond donors (Lipinski definition) is 1. The Morgan fingerprint density at radius 3 is 2.70 bits per heavy atom. The summed E-state index contributed by atoms with van der Waals surface area (Å²) in [6, 6.07) is 7.90. The average Bonchev–Trinajstić information content (AvgIpc) is 2.96. The first-order valence-electron chi connectivity index (χ1n) is 9.49. The standard InChI is InChI=1S/C20H31N3O3S/c1-6-17-18(24)23(13-9-12-22(4)20(25)21-14(2)3)19(27-17)15-10-7-8-11-16(15)26-5/h7-8,10-11,14,17,19H,6,9,12-13H2,1-5H3,(H,21,25)/t17-,19+/m1/s1. The van der Waals surface area contributed by atoms with Crippen LogP contribution in [0, 0.1) is 0 Å². The first kappa shape index (κ1) is 21.4. The molecule has 1 aliphatic rings. The molecule has 6 nitrogen and oxygen atoms in total. The normalized spacial score (nSPS) is 19.5. The highest BCUT2D eigenvalue weighted by molar-refractivity contribution is 8.01. The first-order chi connectivity index (χ1) is 12.9. The number of carbonyl (C=O) groups is 2. The van der Waals surface area contributed by atoms with Crippen LogP contribution in [0.3, 0.4) is 0 Å². The van der Waals surface area contributed by atoms with Crippen molar-refractivity contribution in [2.75, 3.05) is 27.2 Å². The third-order valence-electron chi connectivity index (χ3n) is 4.56. The van der Waals surface area contributed by atoms with Gasteiger partial charge < -0.3 is 19.9 Å². The number of benzene rings is 1. The zero-order valence-electron chi connectivity index (χ0n) is 16.9. The molecule has 27 heavy (non-hydrogen) atoms. The lowest BCUT2D eigenvalue weighted by Gasteiger charge is -2.26. The second kappa shape index (κ2) is 9.88. The van der Waals surface area contributed by atoms with Crippen molar-refractivity contribution >= 4 is 23.7 Å². The van der Waals surface area contributed by atoms with Gasteiger partial charge in [0.25, 0.3) is 0 Å². The van der Waals surface area contributed by atoms with Crippen LogP contribution in [0.15, 0.2) is 24.3 Å². The second-order valence-electron chi connectivity index (χ2n) is 7.04. The maximum atomic E-state index is 12.8. The van der Waals surface area contributed by atoms with Crippen molar-refractivity contribution in [3.8, 4) is 5.75 Å². The lowest BCUT2D eigenvalue weighted by molar-refractivity contribution is -0.130. The zero-order chi connectivity index (χ0) is 20.0. The van der Waals surface area contributed by atoms with Gasteiger partial charge in [0.15, 0.2) is 0 Å². The molecule has 1 aromatic rings. The average molecular weight is 394 g/mol. The minimum Gasteiger partial charge on any atom is -0.496 e. The third kappa shape index (κ3) is 5.31. The highest BCUT2D eigenvalue weighted by Crippen LogP contribution is 2.46. The van der Waals surface area contributed by atoms with E-state index in [2.05, 4.69) is 5.32 Å². The Hall–Kier alpha value is -1.89. The number of methoxy groups -OCH3 is 1. The Morgan fingerprint density at radius 1 is 1.37 bits per heavy atom. The summed E-state index contributed by atoms with van der Waals surface area (Å²) in [7, 11) is 3.44. The predicted octanol–water partition coefficient (Wildman–Crippen LogP) is 3.49. The molecule has 1 heterocycles. The van der Waals surface area contributed by atoms with Gasteiger partial charge in [-0.2, -0.15) is 0 Å². The van der Waals surface area contributed by atoms with Crippen molar-refractivity contribution in [2.24, 2.45) is 0 Å². The second-order valence-corrected chi connectivity index (χ2v) is 8.33. The van der Waals surface area contributed by atoms with Gasteiger partial charge in [-0.15, -0.1) is 11.8 Å². The number of carbonyl (C=O) groups excluding carboxylic acids is 2. The molecule has 2 rings (SSSR count). The molecule has 1 saturated heterocycles. The molecule has 7 heteroatoms. The number of urea groups is 1. The minimum atomic E-state index is -0.0835. The van der Waals surface area contributed by atoms with Gasteiger partial charge in [0, 0.05) is 31.7 Å². The van der Waals surface area contributed by atoms with E-state index < -0.39 is 0 Å². The number of rotatable bonds is 8. The Labute approximate surface area is 166 Å². The van der Waals surface area contributed by atoms with E-state index in [4.69, 9.17) is 4.74 Å². The van der Waals surface area contributed by atoms with Crippen LogP contribution in [0.2, 0.25) is 0 Å². The number of hydrogen-bond acceptors (Lipinski definition) is 4. The van der Waals surface area contributed by atoms with E-state index in [1.807, 2.05) is 49.9 Å². The quantitative estimate of drug-likeness (QED) is 0.734. The van der Waals surface area contributed by atoms with Gasteiger partial charge in [-0.3, -0.25) is 4.79 Å². The lowest BCUT2D eigenvalue weighted by atomic mass is 10.1. The summed E-state index contributed by atoms with van der Waals surface area (Å²) in [6.07, 6.45) is 1.54. The molecule has 0 aromatic heterocycles. The van der Waals surface area contributed by atoms with Crippen LogP contribution >= 0.6 is 11.8 Å². The van der Waals surface area contributed by atoms with Gasteiger partial charge in [0.2, 0.25) is 5.91 Å². The summed E-state index contributed by atoms with van der Waals surface area (Å²) in [5.74, 6) is 0.977. The molecule has 1 N–H and O–H groups in total. The van der Waals surface area contributed by atoms with Crippen LogP contribution in [0.5, 0.6) is 5.75 Å². The van der Waals surface area contributed by atoms with Crippen molar-refractivity contribution in [1.29, 1.82) is 0 Å². The number of ether oxygens (including phenoxy) is 1. The van der Waals surface area contributed by atoms with Gasteiger partial charge in [0.05, 0.1) is 12.4 Å². The maximum Gasteiger partial charge on any atom is 0.317 e. The van der Waals surface area contributed by atoms with Crippen molar-refractivity contribution in [1.82, 2.24) is 15.1 Å². The minimum absolute atomic E-state index is 0.0260. The Balaban J connectivity index is 2.05. The topological polar surface area (TPSA) is 61.9 Å². The SMILES string of the molecule is CC[C@H]1S[C@@H](c2ccccc2OC)N(CCCN(C)C(=O)NC(C)C)C1=O. The lowest BCUT2D eigenvalue weighted by Crippen LogP contribution is -2.42. The zero-order valence-corrected chi connectivity index (χ0v) is 17.7. The highest BCUT2D eigenvalue weighted by Gasteiger charge is 2.40. The fourth-order valence-corrected chi connectivity index (χ4v) is 4.59. The van der Waals surface area contributed by atoms with Gasteiger partial charge in [-0.25, -0.2) is 4.79 Å². The first-order valence-corrected chi connectivity index (χ1v) is 10.4. The van der Waals surface area contributed by atoms with E-state index in [9.17, 15) is 9.59 Å². The molecule has 3 amide bonds. The maximum absolute atomic E-state index is 12.8. The molecular weight excluding hydrogens is 362 g/mol. The molecule has 0 spiro atoms. The fraction of sp³-hybridized carbons (Fsp3) is 0.600. The van der Waals surface area contributed by atoms with Gasteiger partial charge in [0.1, 0.15) is 11.1 Å². The molecule has 0 radical (unpaired) electrons.